The Kier molecular flexibility index (Phi) is 6.25. The summed E-state index contributed by atoms with van der Waals surface area (Å²) in [6.07, 6.45) is 0.893. The van der Waals surface area contributed by atoms with Crippen LogP contribution in [0.5, 0.6) is 0 Å². The van der Waals surface area contributed by atoms with Crippen LogP contribution >= 0.6 is 11.3 Å². The summed E-state index contributed by atoms with van der Waals surface area (Å²) in [6, 6.07) is 22.6. The Bertz CT molecular complexity index is 1510. The van der Waals surface area contributed by atoms with E-state index in [-0.39, 0.29) is 12.4 Å². The zero-order valence-electron chi connectivity index (χ0n) is 19.4. The molecule has 0 aliphatic carbocycles. The van der Waals surface area contributed by atoms with Gasteiger partial charge in [-0.25, -0.2) is 14.5 Å². The molecule has 0 aliphatic heterocycles. The lowest BCUT2D eigenvalue weighted by atomic mass is 10.1. The van der Waals surface area contributed by atoms with E-state index in [1.165, 1.54) is 11.3 Å². The van der Waals surface area contributed by atoms with E-state index in [1.807, 2.05) is 66.9 Å². The molecule has 174 valence electrons. The molecule has 3 aromatic heterocycles. The number of esters is 1. The Morgan fingerprint density at radius 2 is 1.77 bits per heavy atom. The molecule has 0 fully saturated rings. The van der Waals surface area contributed by atoms with Crippen molar-refractivity contribution in [2.24, 2.45) is 0 Å². The van der Waals surface area contributed by atoms with Gasteiger partial charge in [0, 0.05) is 5.56 Å². The molecule has 5 rings (SSSR count). The molecule has 0 saturated carbocycles. The van der Waals surface area contributed by atoms with Crippen LogP contribution in [-0.2, 0) is 11.2 Å². The summed E-state index contributed by atoms with van der Waals surface area (Å²) < 4.78 is 7.24. The quantitative estimate of drug-likeness (QED) is 0.209. The number of hydrogen-bond donors (Lipinski definition) is 0. The second kappa shape index (κ2) is 9.64. The number of thiophene rings is 1. The number of rotatable bonds is 7. The number of fused-ring (bicyclic) bond motifs is 1. The summed E-state index contributed by atoms with van der Waals surface area (Å²) >= 11 is 1.53. The summed E-state index contributed by atoms with van der Waals surface area (Å²) in [5.74, 6) is -0.828. The summed E-state index contributed by atoms with van der Waals surface area (Å²) in [4.78, 5) is 31.7. The lowest BCUT2D eigenvalue weighted by Gasteiger charge is -2.09. The van der Waals surface area contributed by atoms with Crippen molar-refractivity contribution in [3.8, 4) is 16.3 Å². The number of ketones is 1. The predicted molar refractivity (Wildman–Crippen MR) is 137 cm³/mol. The lowest BCUT2D eigenvalue weighted by molar-refractivity contribution is 0.0476. The van der Waals surface area contributed by atoms with Gasteiger partial charge in [0.2, 0.25) is 0 Å². The van der Waals surface area contributed by atoms with Crippen molar-refractivity contribution in [1.29, 1.82) is 0 Å². The Hall–Kier alpha value is -4.10. The number of carbonyl (C=O) groups excluding carboxylic acids is 2. The Balaban J connectivity index is 1.52. The van der Waals surface area contributed by atoms with Crippen LogP contribution in [0, 0.1) is 6.92 Å². The Morgan fingerprint density at radius 1 is 1.00 bits per heavy atom. The van der Waals surface area contributed by atoms with Gasteiger partial charge in [-0.15, -0.1) is 11.3 Å². The number of ether oxygens (including phenoxy) is 1. The fourth-order valence-electron chi connectivity index (χ4n) is 3.97. The maximum Gasteiger partial charge on any atom is 0.339 e. The lowest BCUT2D eigenvalue weighted by Crippen LogP contribution is -2.15. The van der Waals surface area contributed by atoms with E-state index in [1.54, 1.807) is 22.9 Å². The summed E-state index contributed by atoms with van der Waals surface area (Å²) in [5.41, 5.74) is 4.71. The molecule has 7 heteroatoms. The van der Waals surface area contributed by atoms with E-state index >= 15 is 0 Å². The van der Waals surface area contributed by atoms with Crippen LogP contribution < -0.4 is 0 Å². The maximum absolute atomic E-state index is 13.3. The van der Waals surface area contributed by atoms with Gasteiger partial charge in [0.05, 0.1) is 32.9 Å². The average molecular weight is 482 g/mol. The molecule has 5 aromatic rings. The number of nitrogens with zero attached hydrogens (tertiary/aromatic N) is 3. The number of para-hydroxylation sites is 1. The molecule has 0 spiro atoms. The van der Waals surface area contributed by atoms with Gasteiger partial charge < -0.3 is 4.74 Å². The van der Waals surface area contributed by atoms with Crippen molar-refractivity contribution >= 4 is 34.1 Å². The highest BCUT2D eigenvalue weighted by molar-refractivity contribution is 7.13. The third kappa shape index (κ3) is 4.50. The van der Waals surface area contributed by atoms with Crippen LogP contribution in [0.15, 0.2) is 78.2 Å². The predicted octanol–water partition coefficient (Wildman–Crippen LogP) is 6.06. The first-order chi connectivity index (χ1) is 17.0. The number of aromatic nitrogens is 3. The standard InChI is InChI=1S/C28H23N3O3S/c1-3-19-11-13-20(14-12-19)24(32)17-34-28(33)22-16-23(25-10-7-15-35-25)29-27-26(22)18(2)30-31(27)21-8-5-4-6-9-21/h4-16H,3,17H2,1-2H3. The van der Waals surface area contributed by atoms with Crippen molar-refractivity contribution < 1.29 is 14.3 Å². The van der Waals surface area contributed by atoms with Crippen LogP contribution in [0.3, 0.4) is 0 Å². The second-order valence-electron chi connectivity index (χ2n) is 8.11. The van der Waals surface area contributed by atoms with E-state index in [0.29, 0.717) is 33.5 Å². The van der Waals surface area contributed by atoms with Crippen molar-refractivity contribution in [2.75, 3.05) is 6.61 Å². The van der Waals surface area contributed by atoms with Gasteiger partial charge in [0.25, 0.3) is 0 Å². The number of pyridine rings is 1. The first kappa shape index (κ1) is 22.7. The first-order valence-corrected chi connectivity index (χ1v) is 12.2. The molecule has 35 heavy (non-hydrogen) atoms. The zero-order chi connectivity index (χ0) is 24.4. The highest BCUT2D eigenvalue weighted by atomic mass is 32.1. The topological polar surface area (TPSA) is 74.1 Å². The third-order valence-electron chi connectivity index (χ3n) is 5.83. The van der Waals surface area contributed by atoms with Gasteiger partial charge in [-0.3, -0.25) is 4.79 Å². The minimum Gasteiger partial charge on any atom is -0.454 e. The highest BCUT2D eigenvalue weighted by Gasteiger charge is 2.23. The van der Waals surface area contributed by atoms with Crippen molar-refractivity contribution in [2.45, 2.75) is 20.3 Å². The van der Waals surface area contributed by atoms with Gasteiger partial charge in [0.1, 0.15) is 0 Å². The fraction of sp³-hybridized carbons (Fsp3) is 0.143. The molecule has 0 aliphatic rings. The van der Waals surface area contributed by atoms with E-state index in [9.17, 15) is 9.59 Å². The monoisotopic (exact) mass is 481 g/mol. The van der Waals surface area contributed by atoms with Gasteiger partial charge in [0.15, 0.2) is 18.0 Å². The number of aryl methyl sites for hydroxylation is 2. The van der Waals surface area contributed by atoms with E-state index in [2.05, 4.69) is 12.0 Å². The van der Waals surface area contributed by atoms with Crippen LogP contribution in [-0.4, -0.2) is 33.1 Å². The van der Waals surface area contributed by atoms with Crippen LogP contribution in [0.4, 0.5) is 0 Å². The number of hydrogen-bond acceptors (Lipinski definition) is 6. The molecule has 0 unspecified atom stereocenters. The SMILES string of the molecule is CCc1ccc(C(=O)COC(=O)c2cc(-c3cccs3)nc3c2c(C)nn3-c2ccccc2)cc1. The fourth-order valence-corrected chi connectivity index (χ4v) is 4.65. The second-order valence-corrected chi connectivity index (χ2v) is 9.06. The molecule has 0 N–H and O–H groups in total. The number of benzene rings is 2. The molecule has 0 amide bonds. The normalized spacial score (nSPS) is 11.0. The highest BCUT2D eigenvalue weighted by Crippen LogP contribution is 2.31. The summed E-state index contributed by atoms with van der Waals surface area (Å²) in [6.45, 7) is 3.56. The minimum atomic E-state index is -0.579. The average Bonchev–Trinajstić information content (AvgIpc) is 3.56. The molecule has 0 atom stereocenters. The van der Waals surface area contributed by atoms with Gasteiger partial charge in [-0.2, -0.15) is 5.10 Å². The largest absolute Gasteiger partial charge is 0.454 e. The van der Waals surface area contributed by atoms with Crippen molar-refractivity contribution in [3.63, 3.8) is 0 Å². The molecule has 6 nitrogen and oxygen atoms in total. The molecule has 3 heterocycles. The first-order valence-electron chi connectivity index (χ1n) is 11.3. The van der Waals surface area contributed by atoms with Crippen molar-refractivity contribution in [1.82, 2.24) is 14.8 Å². The molecule has 0 saturated heterocycles. The summed E-state index contributed by atoms with van der Waals surface area (Å²) in [5, 5.41) is 7.24. The Labute approximate surface area is 206 Å². The molecular formula is C28H23N3O3S. The number of carbonyl (C=O) groups is 2. The van der Waals surface area contributed by atoms with E-state index < -0.39 is 5.97 Å². The molecule has 0 radical (unpaired) electrons. The number of Topliss-reactive ketones (excluding diaryl/α,β-unsaturated/α-hetero) is 1. The minimum absolute atomic E-state index is 0.249. The third-order valence-corrected chi connectivity index (χ3v) is 6.72. The van der Waals surface area contributed by atoms with Crippen LogP contribution in [0.25, 0.3) is 27.3 Å². The smallest absolute Gasteiger partial charge is 0.339 e. The van der Waals surface area contributed by atoms with Gasteiger partial charge >= 0.3 is 5.97 Å². The Morgan fingerprint density at radius 3 is 2.46 bits per heavy atom. The van der Waals surface area contributed by atoms with Gasteiger partial charge in [-0.1, -0.05) is 55.5 Å². The van der Waals surface area contributed by atoms with E-state index in [0.717, 1.165) is 22.5 Å². The maximum atomic E-state index is 13.3. The van der Waals surface area contributed by atoms with Crippen molar-refractivity contribution in [3.05, 3.63) is 101 Å². The summed E-state index contributed by atoms with van der Waals surface area (Å²) in [7, 11) is 0. The van der Waals surface area contributed by atoms with Crippen LogP contribution in [0.2, 0.25) is 0 Å². The van der Waals surface area contributed by atoms with E-state index in [4.69, 9.17) is 9.72 Å². The van der Waals surface area contributed by atoms with Gasteiger partial charge in [-0.05, 0) is 48.6 Å². The molecular weight excluding hydrogens is 458 g/mol. The van der Waals surface area contributed by atoms with Crippen LogP contribution in [0.1, 0.15) is 38.9 Å². The molecule has 2 aromatic carbocycles. The molecule has 0 bridgehead atoms. The zero-order valence-corrected chi connectivity index (χ0v) is 20.2.